The van der Waals surface area contributed by atoms with Crippen LogP contribution in [0.5, 0.6) is 0 Å². The van der Waals surface area contributed by atoms with Crippen LogP contribution < -0.4 is 5.32 Å². The molecule has 0 fully saturated rings. The summed E-state index contributed by atoms with van der Waals surface area (Å²) in [5.41, 5.74) is 3.63. The molecular formula is C15H18N4. The maximum Gasteiger partial charge on any atom is 0.125 e. The second kappa shape index (κ2) is 5.45. The molecule has 0 amide bonds. The third-order valence-electron chi connectivity index (χ3n) is 3.56. The third kappa shape index (κ3) is 2.79. The van der Waals surface area contributed by atoms with E-state index < -0.39 is 0 Å². The molecule has 1 atom stereocenters. The van der Waals surface area contributed by atoms with Crippen LogP contribution in [0.25, 0.3) is 0 Å². The van der Waals surface area contributed by atoms with E-state index in [1.165, 1.54) is 17.7 Å². The Bertz CT molecular complexity index is 568. The van der Waals surface area contributed by atoms with E-state index in [0.717, 1.165) is 30.9 Å². The highest BCUT2D eigenvalue weighted by molar-refractivity contribution is 5.25. The van der Waals surface area contributed by atoms with Gasteiger partial charge in [0.2, 0.25) is 0 Å². The Labute approximate surface area is 113 Å². The minimum absolute atomic E-state index is 0.347. The molecule has 0 spiro atoms. The molecule has 2 aromatic rings. The molecule has 19 heavy (non-hydrogen) atoms. The summed E-state index contributed by atoms with van der Waals surface area (Å²) in [7, 11) is 0. The van der Waals surface area contributed by atoms with Crippen molar-refractivity contribution >= 4 is 0 Å². The fraction of sp³-hybridized carbons (Fsp3) is 0.400. The lowest BCUT2D eigenvalue weighted by molar-refractivity contribution is 0.444. The molecule has 2 aromatic heterocycles. The molecule has 1 unspecified atom stereocenters. The van der Waals surface area contributed by atoms with Gasteiger partial charge in [-0.15, -0.1) is 0 Å². The quantitative estimate of drug-likeness (QED) is 0.913. The van der Waals surface area contributed by atoms with E-state index in [0.29, 0.717) is 6.04 Å². The Balaban J connectivity index is 1.71. The van der Waals surface area contributed by atoms with Crippen LogP contribution in [-0.2, 0) is 13.0 Å². The number of pyridine rings is 1. The lowest BCUT2D eigenvalue weighted by atomic mass is 9.92. The van der Waals surface area contributed by atoms with Crippen LogP contribution in [0.3, 0.4) is 0 Å². The van der Waals surface area contributed by atoms with Crippen LogP contribution in [0.2, 0.25) is 0 Å². The molecule has 0 aromatic carbocycles. The summed E-state index contributed by atoms with van der Waals surface area (Å²) in [6.45, 7) is 2.69. The lowest BCUT2D eigenvalue weighted by Gasteiger charge is -2.25. The van der Waals surface area contributed by atoms with Gasteiger partial charge in [0.15, 0.2) is 0 Å². The zero-order valence-electron chi connectivity index (χ0n) is 11.1. The molecule has 98 valence electrons. The number of nitrogens with one attached hydrogen (secondary N) is 1. The summed E-state index contributed by atoms with van der Waals surface area (Å²) in [6, 6.07) is 6.52. The number of hydrogen-bond acceptors (Lipinski definition) is 4. The number of hydrogen-bond donors (Lipinski definition) is 1. The van der Waals surface area contributed by atoms with E-state index in [2.05, 4.69) is 26.3 Å². The Morgan fingerprint density at radius 3 is 3.11 bits per heavy atom. The predicted octanol–water partition coefficient (Wildman–Crippen LogP) is 2.35. The van der Waals surface area contributed by atoms with Crippen molar-refractivity contribution in [3.63, 3.8) is 0 Å². The second-order valence-corrected chi connectivity index (χ2v) is 4.97. The van der Waals surface area contributed by atoms with E-state index in [4.69, 9.17) is 0 Å². The van der Waals surface area contributed by atoms with Crippen molar-refractivity contribution in [1.29, 1.82) is 0 Å². The highest BCUT2D eigenvalue weighted by atomic mass is 15.0. The van der Waals surface area contributed by atoms with Gasteiger partial charge in [0, 0.05) is 18.9 Å². The van der Waals surface area contributed by atoms with Gasteiger partial charge in [-0.05, 0) is 43.9 Å². The van der Waals surface area contributed by atoms with Crippen molar-refractivity contribution in [2.24, 2.45) is 0 Å². The van der Waals surface area contributed by atoms with Crippen LogP contribution in [0.4, 0.5) is 0 Å². The summed E-state index contributed by atoms with van der Waals surface area (Å²) < 4.78 is 0. The Hall–Kier alpha value is -1.81. The largest absolute Gasteiger partial charge is 0.303 e. The van der Waals surface area contributed by atoms with Gasteiger partial charge in [0.25, 0.3) is 0 Å². The van der Waals surface area contributed by atoms with Crippen LogP contribution in [0.1, 0.15) is 41.7 Å². The summed E-state index contributed by atoms with van der Waals surface area (Å²) in [6.07, 6.45) is 7.21. The van der Waals surface area contributed by atoms with Crippen LogP contribution in [0.15, 0.2) is 30.6 Å². The fourth-order valence-corrected chi connectivity index (χ4v) is 2.64. The maximum absolute atomic E-state index is 4.54. The standard InChI is InChI=1S/C15H18N4/c1-11-16-9-7-13(19-11)10-18-14-6-2-4-12-5-3-8-17-15(12)14/h3,5,7-9,14,18H,2,4,6,10H2,1H3. The van der Waals surface area contributed by atoms with E-state index in [1.54, 1.807) is 0 Å². The number of aryl methyl sites for hydroxylation is 2. The molecule has 1 N–H and O–H groups in total. The third-order valence-corrected chi connectivity index (χ3v) is 3.56. The van der Waals surface area contributed by atoms with Crippen molar-refractivity contribution < 1.29 is 0 Å². The monoisotopic (exact) mass is 254 g/mol. The van der Waals surface area contributed by atoms with Gasteiger partial charge in [0.1, 0.15) is 5.82 Å². The molecule has 2 heterocycles. The van der Waals surface area contributed by atoms with Crippen molar-refractivity contribution in [2.45, 2.75) is 38.8 Å². The lowest BCUT2D eigenvalue weighted by Crippen LogP contribution is -2.26. The van der Waals surface area contributed by atoms with Crippen LogP contribution in [0, 0.1) is 6.92 Å². The van der Waals surface area contributed by atoms with Crippen LogP contribution >= 0.6 is 0 Å². The van der Waals surface area contributed by atoms with Crippen molar-refractivity contribution in [3.8, 4) is 0 Å². The molecule has 1 aliphatic carbocycles. The molecule has 4 nitrogen and oxygen atoms in total. The van der Waals surface area contributed by atoms with Crippen molar-refractivity contribution in [1.82, 2.24) is 20.3 Å². The Kier molecular flexibility index (Phi) is 3.51. The first-order chi connectivity index (χ1) is 9.33. The average molecular weight is 254 g/mol. The van der Waals surface area contributed by atoms with E-state index in [9.17, 15) is 0 Å². The first-order valence-corrected chi connectivity index (χ1v) is 6.78. The summed E-state index contributed by atoms with van der Waals surface area (Å²) in [5, 5.41) is 3.57. The van der Waals surface area contributed by atoms with Crippen molar-refractivity contribution in [2.75, 3.05) is 0 Å². The molecule has 3 rings (SSSR count). The highest BCUT2D eigenvalue weighted by Gasteiger charge is 2.20. The second-order valence-electron chi connectivity index (χ2n) is 4.97. The topological polar surface area (TPSA) is 50.7 Å². The number of rotatable bonds is 3. The number of fused-ring (bicyclic) bond motifs is 1. The van der Waals surface area contributed by atoms with Crippen LogP contribution in [-0.4, -0.2) is 15.0 Å². The van der Waals surface area contributed by atoms with E-state index in [-0.39, 0.29) is 0 Å². The molecule has 0 saturated heterocycles. The van der Waals surface area contributed by atoms with Gasteiger partial charge in [-0.25, -0.2) is 9.97 Å². The summed E-state index contributed by atoms with van der Waals surface area (Å²) >= 11 is 0. The Morgan fingerprint density at radius 1 is 1.26 bits per heavy atom. The highest BCUT2D eigenvalue weighted by Crippen LogP contribution is 2.27. The van der Waals surface area contributed by atoms with Gasteiger partial charge in [-0.2, -0.15) is 0 Å². The normalized spacial score (nSPS) is 18.1. The van der Waals surface area contributed by atoms with Gasteiger partial charge >= 0.3 is 0 Å². The average Bonchev–Trinajstić information content (AvgIpc) is 2.45. The molecule has 1 aliphatic rings. The maximum atomic E-state index is 4.54. The van der Waals surface area contributed by atoms with Crippen molar-refractivity contribution in [3.05, 3.63) is 53.4 Å². The zero-order valence-corrected chi connectivity index (χ0v) is 11.1. The molecule has 0 aliphatic heterocycles. The van der Waals surface area contributed by atoms with E-state index in [1.807, 2.05) is 31.5 Å². The molecular weight excluding hydrogens is 236 g/mol. The number of nitrogens with zero attached hydrogens (tertiary/aromatic N) is 3. The zero-order chi connectivity index (χ0) is 13.1. The summed E-state index contributed by atoms with van der Waals surface area (Å²) in [5.74, 6) is 0.821. The van der Waals surface area contributed by atoms with Gasteiger partial charge in [-0.3, -0.25) is 4.98 Å². The minimum Gasteiger partial charge on any atom is -0.303 e. The SMILES string of the molecule is Cc1nccc(CNC2CCCc3cccnc32)n1. The number of aromatic nitrogens is 3. The molecule has 0 bridgehead atoms. The molecule has 0 saturated carbocycles. The smallest absolute Gasteiger partial charge is 0.125 e. The molecule has 4 heteroatoms. The minimum atomic E-state index is 0.347. The summed E-state index contributed by atoms with van der Waals surface area (Å²) in [4.78, 5) is 13.1. The van der Waals surface area contributed by atoms with Gasteiger partial charge in [-0.1, -0.05) is 6.07 Å². The molecule has 0 radical (unpaired) electrons. The van der Waals surface area contributed by atoms with E-state index >= 15 is 0 Å². The van der Waals surface area contributed by atoms with Gasteiger partial charge in [0.05, 0.1) is 17.4 Å². The fourth-order valence-electron chi connectivity index (χ4n) is 2.64. The predicted molar refractivity (Wildman–Crippen MR) is 73.5 cm³/mol. The first-order valence-electron chi connectivity index (χ1n) is 6.78. The first kappa shape index (κ1) is 12.2. The Morgan fingerprint density at radius 2 is 2.21 bits per heavy atom. The van der Waals surface area contributed by atoms with Gasteiger partial charge < -0.3 is 5.32 Å².